The zero-order valence-corrected chi connectivity index (χ0v) is 20.3. The summed E-state index contributed by atoms with van der Waals surface area (Å²) in [6.07, 6.45) is 0.709. The molecule has 1 aliphatic rings. The van der Waals surface area contributed by atoms with Gasteiger partial charge in [0.15, 0.2) is 11.5 Å². The molecule has 10 heteroatoms. The lowest BCUT2D eigenvalue weighted by atomic mass is 9.98. The zero-order chi connectivity index (χ0) is 24.2. The third kappa shape index (κ3) is 5.12. The van der Waals surface area contributed by atoms with E-state index in [0.717, 1.165) is 22.4 Å². The normalized spacial score (nSPS) is 13.8. The maximum absolute atomic E-state index is 13.1. The number of benzene rings is 2. The topological polar surface area (TPSA) is 114 Å². The lowest BCUT2D eigenvalue weighted by Crippen LogP contribution is -2.49. The van der Waals surface area contributed by atoms with Crippen LogP contribution in [0.1, 0.15) is 31.4 Å². The Morgan fingerprint density at radius 1 is 1.06 bits per heavy atom. The highest BCUT2D eigenvalue weighted by molar-refractivity contribution is 7.18. The molecule has 178 valence electrons. The minimum absolute atomic E-state index is 0.0926. The summed E-state index contributed by atoms with van der Waals surface area (Å²) in [6.45, 7) is 7.93. The van der Waals surface area contributed by atoms with E-state index in [1.54, 1.807) is 0 Å². The Bertz CT molecular complexity index is 1190. The first-order valence-corrected chi connectivity index (χ1v) is 11.9. The second kappa shape index (κ2) is 10.1. The van der Waals surface area contributed by atoms with Gasteiger partial charge < -0.3 is 20.1 Å². The van der Waals surface area contributed by atoms with Crippen molar-refractivity contribution < 1.29 is 19.1 Å². The van der Waals surface area contributed by atoms with E-state index in [-0.39, 0.29) is 18.6 Å². The smallest absolute Gasteiger partial charge is 0.319 e. The third-order valence-electron chi connectivity index (χ3n) is 5.78. The molecule has 0 fully saturated rings. The molecule has 2 unspecified atom stereocenters. The van der Waals surface area contributed by atoms with Crippen molar-refractivity contribution in [3.63, 3.8) is 0 Å². The Morgan fingerprint density at radius 3 is 2.53 bits per heavy atom. The van der Waals surface area contributed by atoms with E-state index in [1.807, 2.05) is 64.1 Å². The molecule has 0 spiro atoms. The van der Waals surface area contributed by atoms with Crippen LogP contribution in [0, 0.1) is 19.8 Å². The van der Waals surface area contributed by atoms with E-state index in [2.05, 4.69) is 26.1 Å². The van der Waals surface area contributed by atoms with Gasteiger partial charge in [0.1, 0.15) is 11.0 Å². The highest BCUT2D eigenvalue weighted by atomic mass is 32.1. The molecule has 2 aromatic carbocycles. The number of para-hydroxylation sites is 1. The predicted octanol–water partition coefficient (Wildman–Crippen LogP) is 4.73. The van der Waals surface area contributed by atoms with Gasteiger partial charge in [-0.3, -0.25) is 10.1 Å². The van der Waals surface area contributed by atoms with Crippen molar-refractivity contribution in [1.82, 2.24) is 15.5 Å². The summed E-state index contributed by atoms with van der Waals surface area (Å²) in [7, 11) is 0. The largest absolute Gasteiger partial charge is 0.454 e. The lowest BCUT2D eigenvalue weighted by Gasteiger charge is -2.23. The van der Waals surface area contributed by atoms with Crippen LogP contribution >= 0.6 is 11.3 Å². The number of aromatic nitrogens is 2. The highest BCUT2D eigenvalue weighted by Crippen LogP contribution is 2.37. The molecule has 3 aromatic rings. The van der Waals surface area contributed by atoms with E-state index in [9.17, 15) is 9.59 Å². The number of nitrogens with zero attached hydrogens (tertiary/aromatic N) is 2. The molecule has 0 bridgehead atoms. The first-order valence-electron chi connectivity index (χ1n) is 11.0. The molecule has 1 aliphatic heterocycles. The van der Waals surface area contributed by atoms with Crippen LogP contribution in [-0.4, -0.2) is 35.0 Å². The summed E-state index contributed by atoms with van der Waals surface area (Å²) in [5.41, 5.74) is 3.45. The number of amides is 3. The number of carbonyl (C=O) groups excluding carboxylic acids is 2. The van der Waals surface area contributed by atoms with Gasteiger partial charge in [-0.25, -0.2) is 4.79 Å². The maximum atomic E-state index is 13.1. The van der Waals surface area contributed by atoms with Gasteiger partial charge >= 0.3 is 6.03 Å². The summed E-state index contributed by atoms with van der Waals surface area (Å²) >= 11 is 1.24. The van der Waals surface area contributed by atoms with Crippen molar-refractivity contribution in [1.29, 1.82) is 0 Å². The number of aryl methyl sites for hydroxylation is 2. The van der Waals surface area contributed by atoms with E-state index < -0.39 is 12.1 Å². The summed E-state index contributed by atoms with van der Waals surface area (Å²) in [5, 5.41) is 17.8. The molecule has 0 saturated heterocycles. The van der Waals surface area contributed by atoms with Gasteiger partial charge in [0.05, 0.1) is 0 Å². The van der Waals surface area contributed by atoms with Crippen LogP contribution in [0.3, 0.4) is 0 Å². The average Bonchev–Trinajstić information content (AvgIpc) is 3.48. The number of rotatable bonds is 7. The van der Waals surface area contributed by atoms with E-state index in [4.69, 9.17) is 9.47 Å². The molecule has 34 heavy (non-hydrogen) atoms. The Balaban J connectivity index is 1.44. The molecule has 1 aromatic heterocycles. The fraction of sp³-hybridized carbons (Fsp3) is 0.333. The van der Waals surface area contributed by atoms with Crippen LogP contribution in [-0.2, 0) is 4.79 Å². The zero-order valence-electron chi connectivity index (χ0n) is 19.5. The SMILES string of the molecule is CCC(C)C(NC(=O)Nc1c(C)cccc1C)C(=O)Nc1nnc(-c2ccc3c(c2)OCO3)s1. The molecule has 0 aliphatic carbocycles. The fourth-order valence-corrected chi connectivity index (χ4v) is 4.35. The van der Waals surface area contributed by atoms with E-state index in [0.29, 0.717) is 28.1 Å². The second-order valence-corrected chi connectivity index (χ2v) is 9.18. The van der Waals surface area contributed by atoms with E-state index >= 15 is 0 Å². The fourth-order valence-electron chi connectivity index (χ4n) is 3.61. The number of ether oxygens (including phenoxy) is 2. The predicted molar refractivity (Wildman–Crippen MR) is 131 cm³/mol. The van der Waals surface area contributed by atoms with Gasteiger partial charge in [-0.1, -0.05) is 49.8 Å². The van der Waals surface area contributed by atoms with Crippen LogP contribution < -0.4 is 25.4 Å². The summed E-state index contributed by atoms with van der Waals surface area (Å²) in [4.78, 5) is 25.8. The number of urea groups is 1. The standard InChI is InChI=1S/C24H27N5O4S/c1-5-13(2)20(26-23(31)25-19-14(3)7-6-8-15(19)4)21(30)27-24-29-28-22(34-24)16-9-10-17-18(11-16)33-12-32-17/h6-11,13,20H,5,12H2,1-4H3,(H2,25,26,31)(H,27,29,30). The Hall–Kier alpha value is -3.66. The Morgan fingerprint density at radius 2 is 1.79 bits per heavy atom. The number of hydrogen-bond acceptors (Lipinski definition) is 7. The van der Waals surface area contributed by atoms with Crippen molar-refractivity contribution in [2.24, 2.45) is 5.92 Å². The Labute approximate surface area is 201 Å². The number of fused-ring (bicyclic) bond motifs is 1. The van der Waals surface area contributed by atoms with Crippen LogP contribution in [0.2, 0.25) is 0 Å². The first-order chi connectivity index (χ1) is 16.4. The van der Waals surface area contributed by atoms with Gasteiger partial charge in [-0.15, -0.1) is 10.2 Å². The summed E-state index contributed by atoms with van der Waals surface area (Å²) in [5.74, 6) is 0.891. The van der Waals surface area contributed by atoms with Crippen LogP contribution in [0.25, 0.3) is 10.6 Å². The third-order valence-corrected chi connectivity index (χ3v) is 6.66. The number of carbonyl (C=O) groups is 2. The van der Waals surface area contributed by atoms with Crippen LogP contribution in [0.15, 0.2) is 36.4 Å². The van der Waals surface area contributed by atoms with Crippen LogP contribution in [0.4, 0.5) is 15.6 Å². The summed E-state index contributed by atoms with van der Waals surface area (Å²) in [6, 6.07) is 10.1. The molecule has 3 amide bonds. The highest BCUT2D eigenvalue weighted by Gasteiger charge is 2.27. The minimum atomic E-state index is -0.743. The molecule has 4 rings (SSSR count). The molecule has 2 atom stereocenters. The van der Waals surface area contributed by atoms with Gasteiger partial charge in [0.25, 0.3) is 0 Å². The second-order valence-electron chi connectivity index (χ2n) is 8.20. The molecule has 9 nitrogen and oxygen atoms in total. The molecule has 3 N–H and O–H groups in total. The molecule has 0 saturated carbocycles. The van der Waals surface area contributed by atoms with Gasteiger partial charge in [0.2, 0.25) is 17.8 Å². The molecular formula is C24H27N5O4S. The molecule has 0 radical (unpaired) electrons. The van der Waals surface area contributed by atoms with Gasteiger partial charge in [-0.2, -0.15) is 0 Å². The van der Waals surface area contributed by atoms with E-state index in [1.165, 1.54) is 11.3 Å². The van der Waals surface area contributed by atoms with Crippen molar-refractivity contribution in [2.75, 3.05) is 17.4 Å². The van der Waals surface area contributed by atoms with Crippen LogP contribution in [0.5, 0.6) is 11.5 Å². The minimum Gasteiger partial charge on any atom is -0.454 e. The number of anilines is 2. The lowest BCUT2D eigenvalue weighted by molar-refractivity contribution is -0.119. The van der Waals surface area contributed by atoms with Crippen molar-refractivity contribution in [3.05, 3.63) is 47.5 Å². The molecular weight excluding hydrogens is 454 g/mol. The van der Waals surface area contributed by atoms with Gasteiger partial charge in [0, 0.05) is 11.3 Å². The Kier molecular flexibility index (Phi) is 6.97. The number of nitrogens with one attached hydrogen (secondary N) is 3. The van der Waals surface area contributed by atoms with Crippen molar-refractivity contribution >= 4 is 34.1 Å². The number of hydrogen-bond donors (Lipinski definition) is 3. The quantitative estimate of drug-likeness (QED) is 0.450. The first kappa shape index (κ1) is 23.5. The molecule has 2 heterocycles. The van der Waals surface area contributed by atoms with Crippen molar-refractivity contribution in [3.8, 4) is 22.1 Å². The monoisotopic (exact) mass is 481 g/mol. The maximum Gasteiger partial charge on any atom is 0.319 e. The summed E-state index contributed by atoms with van der Waals surface area (Å²) < 4.78 is 10.8. The van der Waals surface area contributed by atoms with Crippen molar-refractivity contribution in [2.45, 2.75) is 40.2 Å². The van der Waals surface area contributed by atoms with Gasteiger partial charge in [-0.05, 0) is 49.1 Å². The average molecular weight is 482 g/mol.